The fourth-order valence-corrected chi connectivity index (χ4v) is 1.07. The van der Waals surface area contributed by atoms with Crippen LogP contribution in [0.1, 0.15) is 12.5 Å². The molecular weight excluding hydrogens is 209 g/mol. The average Bonchev–Trinajstić information content (AvgIpc) is 2.06. The number of halogens is 2. The van der Waals surface area contributed by atoms with E-state index in [1.165, 1.54) is 6.92 Å². The van der Waals surface area contributed by atoms with Gasteiger partial charge in [-0.3, -0.25) is 4.98 Å². The Morgan fingerprint density at radius 3 is 2.91 bits per heavy atom. The highest BCUT2D eigenvalue weighted by Crippen LogP contribution is 2.26. The van der Waals surface area contributed by atoms with Crippen molar-refractivity contribution in [3.8, 4) is 0 Å². The van der Waals surface area contributed by atoms with Gasteiger partial charge in [0.2, 0.25) is 0 Å². The van der Waals surface area contributed by atoms with Gasteiger partial charge in [-0.05, 0) is 13.0 Å². The maximum Gasteiger partial charge on any atom is 0.144 e. The van der Waals surface area contributed by atoms with E-state index in [0.717, 1.165) is 0 Å². The van der Waals surface area contributed by atoms with E-state index in [1.807, 2.05) is 0 Å². The van der Waals surface area contributed by atoms with E-state index < -0.39 is 5.67 Å². The van der Waals surface area contributed by atoms with Crippen molar-refractivity contribution in [1.82, 2.24) is 4.98 Å². The Labute approximate surface area is 73.8 Å². The van der Waals surface area contributed by atoms with Crippen LogP contribution in [0.15, 0.2) is 24.5 Å². The topological polar surface area (TPSA) is 12.9 Å². The van der Waals surface area contributed by atoms with Crippen molar-refractivity contribution < 1.29 is 4.39 Å². The zero-order valence-electron chi connectivity index (χ0n) is 6.22. The molecule has 0 radical (unpaired) electrons. The Balaban J connectivity index is 2.93. The first-order chi connectivity index (χ1) is 5.17. The molecule has 0 aliphatic carbocycles. The first-order valence-corrected chi connectivity index (χ1v) is 4.44. The Bertz CT molecular complexity index is 223. The Morgan fingerprint density at radius 2 is 2.45 bits per heavy atom. The smallest absolute Gasteiger partial charge is 0.144 e. The molecule has 11 heavy (non-hydrogen) atoms. The second kappa shape index (κ2) is 3.30. The molecule has 0 amide bonds. The molecule has 0 aliphatic rings. The number of nitrogens with zero attached hydrogens (tertiary/aromatic N) is 1. The minimum Gasteiger partial charge on any atom is -0.264 e. The number of aromatic nitrogens is 1. The minimum atomic E-state index is -1.31. The molecule has 0 saturated carbocycles. The van der Waals surface area contributed by atoms with Crippen LogP contribution >= 0.6 is 15.9 Å². The molecule has 0 saturated heterocycles. The Morgan fingerprint density at radius 1 is 1.73 bits per heavy atom. The maximum atomic E-state index is 13.5. The van der Waals surface area contributed by atoms with Crippen LogP contribution < -0.4 is 0 Å². The van der Waals surface area contributed by atoms with E-state index in [2.05, 4.69) is 20.9 Å². The Kier molecular flexibility index (Phi) is 2.60. The largest absolute Gasteiger partial charge is 0.264 e. The van der Waals surface area contributed by atoms with E-state index in [9.17, 15) is 4.39 Å². The van der Waals surface area contributed by atoms with Crippen LogP contribution in [0.25, 0.3) is 0 Å². The lowest BCUT2D eigenvalue weighted by Gasteiger charge is -2.16. The van der Waals surface area contributed by atoms with Crippen molar-refractivity contribution in [2.75, 3.05) is 5.33 Å². The van der Waals surface area contributed by atoms with Gasteiger partial charge >= 0.3 is 0 Å². The second-order valence-corrected chi connectivity index (χ2v) is 3.13. The third-order valence-corrected chi connectivity index (χ3v) is 2.57. The highest BCUT2D eigenvalue weighted by Gasteiger charge is 2.23. The highest BCUT2D eigenvalue weighted by molar-refractivity contribution is 9.09. The SMILES string of the molecule is CC(F)(CBr)c1cccnc1. The van der Waals surface area contributed by atoms with Crippen LogP contribution in [0, 0.1) is 0 Å². The van der Waals surface area contributed by atoms with Gasteiger partial charge in [-0.2, -0.15) is 0 Å². The van der Waals surface area contributed by atoms with Gasteiger partial charge in [0.15, 0.2) is 0 Å². The predicted molar refractivity (Wildman–Crippen MR) is 46.5 cm³/mol. The molecule has 0 bridgehead atoms. The Hall–Kier alpha value is -0.440. The standard InChI is InChI=1S/C8H9BrFN/c1-8(10,6-9)7-3-2-4-11-5-7/h2-5H,6H2,1H3. The lowest BCUT2D eigenvalue weighted by atomic mass is 10.0. The molecule has 1 aromatic heterocycles. The summed E-state index contributed by atoms with van der Waals surface area (Å²) < 4.78 is 13.5. The molecule has 0 aliphatic heterocycles. The van der Waals surface area contributed by atoms with Crippen LogP contribution in [0.3, 0.4) is 0 Å². The van der Waals surface area contributed by atoms with Gasteiger partial charge < -0.3 is 0 Å². The summed E-state index contributed by atoms with van der Waals surface area (Å²) in [5.41, 5.74) is -0.703. The average molecular weight is 218 g/mol. The summed E-state index contributed by atoms with van der Waals surface area (Å²) >= 11 is 3.10. The molecule has 1 heterocycles. The van der Waals surface area contributed by atoms with Crippen molar-refractivity contribution in [2.24, 2.45) is 0 Å². The maximum absolute atomic E-state index is 13.5. The first kappa shape index (κ1) is 8.65. The molecule has 60 valence electrons. The summed E-state index contributed by atoms with van der Waals surface area (Å²) in [6.45, 7) is 1.53. The number of rotatable bonds is 2. The van der Waals surface area contributed by atoms with Crippen LogP contribution in [-0.2, 0) is 5.67 Å². The van der Waals surface area contributed by atoms with E-state index in [4.69, 9.17) is 0 Å². The van der Waals surface area contributed by atoms with Crippen molar-refractivity contribution in [3.05, 3.63) is 30.1 Å². The molecule has 1 atom stereocenters. The summed E-state index contributed by atoms with van der Waals surface area (Å²) in [7, 11) is 0. The predicted octanol–water partition coefficient (Wildman–Crippen LogP) is 2.66. The normalized spacial score (nSPS) is 15.9. The lowest BCUT2D eigenvalue weighted by Crippen LogP contribution is -2.16. The van der Waals surface area contributed by atoms with E-state index in [-0.39, 0.29) is 0 Å². The third kappa shape index (κ3) is 1.99. The van der Waals surface area contributed by atoms with Crippen LogP contribution in [0.5, 0.6) is 0 Å². The summed E-state index contributed by atoms with van der Waals surface area (Å²) in [5.74, 6) is 0. The number of pyridine rings is 1. The minimum absolute atomic E-state index is 0.297. The summed E-state index contributed by atoms with van der Waals surface area (Å²) in [6, 6.07) is 3.46. The van der Waals surface area contributed by atoms with Gasteiger partial charge in [-0.15, -0.1) is 0 Å². The van der Waals surface area contributed by atoms with Crippen LogP contribution in [-0.4, -0.2) is 10.3 Å². The molecule has 0 spiro atoms. The molecule has 1 nitrogen and oxygen atoms in total. The van der Waals surface area contributed by atoms with Gasteiger partial charge in [-0.25, -0.2) is 4.39 Å². The van der Waals surface area contributed by atoms with Crippen molar-refractivity contribution in [1.29, 1.82) is 0 Å². The van der Waals surface area contributed by atoms with Gasteiger partial charge in [0.25, 0.3) is 0 Å². The van der Waals surface area contributed by atoms with Gasteiger partial charge in [-0.1, -0.05) is 22.0 Å². The fourth-order valence-electron chi connectivity index (χ4n) is 0.748. The van der Waals surface area contributed by atoms with Gasteiger partial charge in [0, 0.05) is 23.3 Å². The monoisotopic (exact) mass is 217 g/mol. The van der Waals surface area contributed by atoms with Gasteiger partial charge in [0.1, 0.15) is 5.67 Å². The third-order valence-electron chi connectivity index (χ3n) is 1.51. The van der Waals surface area contributed by atoms with E-state index in [0.29, 0.717) is 10.9 Å². The second-order valence-electron chi connectivity index (χ2n) is 2.57. The quantitative estimate of drug-likeness (QED) is 0.695. The molecule has 1 aromatic rings. The zero-order chi connectivity index (χ0) is 8.32. The van der Waals surface area contributed by atoms with Crippen LogP contribution in [0.4, 0.5) is 4.39 Å². The number of alkyl halides is 2. The molecule has 1 unspecified atom stereocenters. The first-order valence-electron chi connectivity index (χ1n) is 3.32. The number of hydrogen-bond acceptors (Lipinski definition) is 1. The van der Waals surface area contributed by atoms with Gasteiger partial charge in [0.05, 0.1) is 0 Å². The van der Waals surface area contributed by atoms with Crippen molar-refractivity contribution in [3.63, 3.8) is 0 Å². The summed E-state index contributed by atoms with van der Waals surface area (Å²) in [6.07, 6.45) is 3.18. The molecular formula is C8H9BrFN. The molecule has 0 N–H and O–H groups in total. The summed E-state index contributed by atoms with van der Waals surface area (Å²) in [4.78, 5) is 3.84. The zero-order valence-corrected chi connectivity index (χ0v) is 7.81. The highest BCUT2D eigenvalue weighted by atomic mass is 79.9. The van der Waals surface area contributed by atoms with E-state index >= 15 is 0 Å². The van der Waals surface area contributed by atoms with Crippen molar-refractivity contribution in [2.45, 2.75) is 12.6 Å². The van der Waals surface area contributed by atoms with Crippen molar-refractivity contribution >= 4 is 15.9 Å². The summed E-state index contributed by atoms with van der Waals surface area (Å²) in [5, 5.41) is 0.297. The van der Waals surface area contributed by atoms with Crippen LogP contribution in [0.2, 0.25) is 0 Å². The number of hydrogen-bond donors (Lipinski definition) is 0. The molecule has 3 heteroatoms. The molecule has 1 rings (SSSR count). The molecule has 0 aromatic carbocycles. The molecule has 0 fully saturated rings. The fraction of sp³-hybridized carbons (Fsp3) is 0.375. The van der Waals surface area contributed by atoms with E-state index in [1.54, 1.807) is 24.5 Å². The lowest BCUT2D eigenvalue weighted by molar-refractivity contribution is 0.229.